The van der Waals surface area contributed by atoms with Gasteiger partial charge in [-0.05, 0) is 6.92 Å². The van der Waals surface area contributed by atoms with Gasteiger partial charge < -0.3 is 10.6 Å². The minimum atomic E-state index is -0.523. The third-order valence-corrected chi connectivity index (χ3v) is 1.13. The van der Waals surface area contributed by atoms with Crippen LogP contribution >= 0.6 is 0 Å². The minimum absolute atomic E-state index is 0.449. The largest absolute Gasteiger partial charge is 0.382 e. The van der Waals surface area contributed by atoms with Crippen LogP contribution in [0.1, 0.15) is 13.3 Å². The van der Waals surface area contributed by atoms with Gasteiger partial charge >= 0.3 is 0 Å². The Balaban J connectivity index is 2.47. The summed E-state index contributed by atoms with van der Waals surface area (Å²) >= 11 is 0. The van der Waals surface area contributed by atoms with Crippen LogP contribution in [0, 0.1) is 0 Å². The standard InChI is InChI=1S/C5H8N2O2/c1-3-2-4(5(6)8)9-7-3/h4H,2H2,1H3,(H2,6,8)/t4-/m0/s1. The van der Waals surface area contributed by atoms with E-state index in [1.54, 1.807) is 6.92 Å². The van der Waals surface area contributed by atoms with Crippen molar-refractivity contribution in [2.45, 2.75) is 19.4 Å². The zero-order chi connectivity index (χ0) is 6.85. The van der Waals surface area contributed by atoms with Gasteiger partial charge in [0.25, 0.3) is 5.91 Å². The third kappa shape index (κ3) is 1.19. The minimum Gasteiger partial charge on any atom is -0.382 e. The Kier molecular flexibility index (Phi) is 1.38. The quantitative estimate of drug-likeness (QED) is 0.524. The second kappa shape index (κ2) is 2.05. The number of nitrogens with two attached hydrogens (primary N) is 1. The van der Waals surface area contributed by atoms with E-state index in [0.29, 0.717) is 6.42 Å². The van der Waals surface area contributed by atoms with Crippen molar-refractivity contribution in [1.29, 1.82) is 0 Å². The number of oxime groups is 1. The first kappa shape index (κ1) is 6.07. The maximum atomic E-state index is 10.4. The number of carbonyl (C=O) groups excluding carboxylic acids is 1. The molecule has 0 radical (unpaired) electrons. The highest BCUT2D eigenvalue weighted by Gasteiger charge is 2.22. The fourth-order valence-corrected chi connectivity index (χ4v) is 0.649. The molecule has 0 bridgehead atoms. The van der Waals surface area contributed by atoms with E-state index in [9.17, 15) is 4.79 Å². The lowest BCUT2D eigenvalue weighted by Crippen LogP contribution is -2.28. The summed E-state index contributed by atoms with van der Waals surface area (Å²) in [7, 11) is 0. The van der Waals surface area contributed by atoms with Crippen LogP contribution in [0.25, 0.3) is 0 Å². The van der Waals surface area contributed by atoms with Crippen LogP contribution < -0.4 is 5.73 Å². The molecule has 1 amide bonds. The predicted octanol–water partition coefficient (Wildman–Crippen LogP) is -0.364. The van der Waals surface area contributed by atoms with E-state index in [1.165, 1.54) is 0 Å². The van der Waals surface area contributed by atoms with Gasteiger partial charge in [-0.1, -0.05) is 5.16 Å². The van der Waals surface area contributed by atoms with E-state index < -0.39 is 12.0 Å². The number of amides is 1. The maximum Gasteiger partial charge on any atom is 0.261 e. The molecule has 4 nitrogen and oxygen atoms in total. The number of carbonyl (C=O) groups is 1. The zero-order valence-corrected chi connectivity index (χ0v) is 5.13. The van der Waals surface area contributed by atoms with Gasteiger partial charge in [0.15, 0.2) is 0 Å². The van der Waals surface area contributed by atoms with Crippen molar-refractivity contribution in [2.75, 3.05) is 0 Å². The van der Waals surface area contributed by atoms with Gasteiger partial charge in [-0.15, -0.1) is 0 Å². The van der Waals surface area contributed by atoms with Crippen LogP contribution in [0.15, 0.2) is 5.16 Å². The normalized spacial score (nSPS) is 25.0. The second-order valence-corrected chi connectivity index (χ2v) is 2.03. The van der Waals surface area contributed by atoms with E-state index in [1.807, 2.05) is 0 Å². The first-order valence-electron chi connectivity index (χ1n) is 2.69. The lowest BCUT2D eigenvalue weighted by molar-refractivity contribution is -0.127. The van der Waals surface area contributed by atoms with Crippen molar-refractivity contribution in [2.24, 2.45) is 10.9 Å². The highest BCUT2D eigenvalue weighted by atomic mass is 16.6. The van der Waals surface area contributed by atoms with Crippen molar-refractivity contribution in [1.82, 2.24) is 0 Å². The van der Waals surface area contributed by atoms with Crippen LogP contribution in [-0.2, 0) is 9.63 Å². The Morgan fingerprint density at radius 3 is 2.89 bits per heavy atom. The van der Waals surface area contributed by atoms with E-state index in [4.69, 9.17) is 5.73 Å². The molecule has 0 spiro atoms. The number of hydrogen-bond donors (Lipinski definition) is 1. The van der Waals surface area contributed by atoms with Crippen molar-refractivity contribution in [3.05, 3.63) is 0 Å². The van der Waals surface area contributed by atoms with Gasteiger partial charge in [-0.3, -0.25) is 4.79 Å². The van der Waals surface area contributed by atoms with Gasteiger partial charge in [0, 0.05) is 6.42 Å². The molecule has 50 valence electrons. The molecule has 0 unspecified atom stereocenters. The first-order chi connectivity index (χ1) is 4.20. The predicted molar refractivity (Wildman–Crippen MR) is 31.8 cm³/mol. The Labute approximate surface area is 52.7 Å². The second-order valence-electron chi connectivity index (χ2n) is 2.03. The van der Waals surface area contributed by atoms with Crippen LogP contribution in [0.2, 0.25) is 0 Å². The lowest BCUT2D eigenvalue weighted by Gasteiger charge is -1.99. The molecule has 1 rings (SSSR count). The molecule has 1 heterocycles. The van der Waals surface area contributed by atoms with E-state index in [-0.39, 0.29) is 0 Å². The summed E-state index contributed by atoms with van der Waals surface area (Å²) in [5, 5.41) is 3.55. The molecule has 4 heteroatoms. The fraction of sp³-hybridized carbons (Fsp3) is 0.600. The molecule has 1 aliphatic heterocycles. The molecule has 0 fully saturated rings. The van der Waals surface area contributed by atoms with Crippen molar-refractivity contribution < 1.29 is 9.63 Å². The zero-order valence-electron chi connectivity index (χ0n) is 5.13. The summed E-state index contributed by atoms with van der Waals surface area (Å²) in [4.78, 5) is 15.0. The van der Waals surface area contributed by atoms with Crippen LogP contribution in [0.3, 0.4) is 0 Å². The number of rotatable bonds is 1. The summed E-state index contributed by atoms with van der Waals surface area (Å²) in [6.07, 6.45) is 0.0139. The fourth-order valence-electron chi connectivity index (χ4n) is 0.649. The Morgan fingerprint density at radius 2 is 2.67 bits per heavy atom. The van der Waals surface area contributed by atoms with Crippen molar-refractivity contribution >= 4 is 11.6 Å². The summed E-state index contributed by atoms with van der Waals surface area (Å²) in [5.41, 5.74) is 5.74. The van der Waals surface area contributed by atoms with E-state index in [2.05, 4.69) is 9.99 Å². The molecule has 1 atom stereocenters. The van der Waals surface area contributed by atoms with Gasteiger partial charge in [0.1, 0.15) is 0 Å². The summed E-state index contributed by atoms with van der Waals surface area (Å²) in [5.74, 6) is -0.449. The molecule has 0 saturated heterocycles. The highest BCUT2D eigenvalue weighted by molar-refractivity contribution is 5.90. The highest BCUT2D eigenvalue weighted by Crippen LogP contribution is 2.08. The van der Waals surface area contributed by atoms with Gasteiger partial charge in [-0.25, -0.2) is 0 Å². The monoisotopic (exact) mass is 128 g/mol. The van der Waals surface area contributed by atoms with Gasteiger partial charge in [0.2, 0.25) is 6.10 Å². The van der Waals surface area contributed by atoms with E-state index >= 15 is 0 Å². The Bertz CT molecular complexity index is 164. The molecule has 0 aromatic rings. The van der Waals surface area contributed by atoms with Crippen LogP contribution in [0.5, 0.6) is 0 Å². The SMILES string of the molecule is CC1=NO[C@H](C(N)=O)C1. The van der Waals surface area contributed by atoms with Crippen molar-refractivity contribution in [3.8, 4) is 0 Å². The molecular formula is C5H8N2O2. The van der Waals surface area contributed by atoms with Crippen molar-refractivity contribution in [3.63, 3.8) is 0 Å². The molecule has 9 heavy (non-hydrogen) atoms. The summed E-state index contributed by atoms with van der Waals surface area (Å²) in [6, 6.07) is 0. The number of primary amides is 1. The Morgan fingerprint density at radius 1 is 2.00 bits per heavy atom. The van der Waals surface area contributed by atoms with Gasteiger partial charge in [0.05, 0.1) is 5.71 Å². The molecule has 0 aliphatic carbocycles. The molecule has 0 aromatic carbocycles. The van der Waals surface area contributed by atoms with Crippen LogP contribution in [-0.4, -0.2) is 17.7 Å². The summed E-state index contributed by atoms with van der Waals surface area (Å²) < 4.78 is 0. The smallest absolute Gasteiger partial charge is 0.261 e. The van der Waals surface area contributed by atoms with Crippen LogP contribution in [0.4, 0.5) is 0 Å². The summed E-state index contributed by atoms with van der Waals surface area (Å²) in [6.45, 7) is 1.79. The molecule has 0 saturated carbocycles. The molecule has 0 aromatic heterocycles. The topological polar surface area (TPSA) is 64.7 Å². The number of hydrogen-bond acceptors (Lipinski definition) is 3. The maximum absolute atomic E-state index is 10.4. The lowest BCUT2D eigenvalue weighted by atomic mass is 10.2. The van der Waals surface area contributed by atoms with E-state index in [0.717, 1.165) is 5.71 Å². The molecule has 2 N–H and O–H groups in total. The Hall–Kier alpha value is -1.06. The average Bonchev–Trinajstić information content (AvgIpc) is 2.14. The first-order valence-corrected chi connectivity index (χ1v) is 2.69. The van der Waals surface area contributed by atoms with Gasteiger partial charge in [-0.2, -0.15) is 0 Å². The molecular weight excluding hydrogens is 120 g/mol. The third-order valence-electron chi connectivity index (χ3n) is 1.13. The molecule has 1 aliphatic rings. The number of nitrogens with zero attached hydrogens (tertiary/aromatic N) is 1. The average molecular weight is 128 g/mol.